The van der Waals surface area contributed by atoms with Gasteiger partial charge in [0.15, 0.2) is 0 Å². The summed E-state index contributed by atoms with van der Waals surface area (Å²) in [7, 11) is 0. The number of thioether (sulfide) groups is 2. The lowest BCUT2D eigenvalue weighted by atomic mass is 10.0. The Morgan fingerprint density at radius 2 is 1.78 bits per heavy atom. The first-order chi connectivity index (χ1) is 8.95. The standard InChI is InChI=1S/C13H14OS2.C2H6/c1-2-5-12-10(4-1)11(6-7-14-12)13-15-8-3-9-16-13;1-2/h1-2,4-5H,3,6-9H2;1-2H3. The van der Waals surface area contributed by atoms with Gasteiger partial charge in [-0.15, -0.1) is 23.5 Å². The summed E-state index contributed by atoms with van der Waals surface area (Å²) < 4.78 is 7.22. The molecule has 0 bridgehead atoms. The van der Waals surface area contributed by atoms with E-state index in [0.29, 0.717) is 0 Å². The summed E-state index contributed by atoms with van der Waals surface area (Å²) in [4.78, 5) is 0. The third kappa shape index (κ3) is 3.07. The molecule has 0 unspecified atom stereocenters. The fourth-order valence-electron chi connectivity index (χ4n) is 2.06. The third-order valence-electron chi connectivity index (χ3n) is 2.82. The molecule has 3 heteroatoms. The van der Waals surface area contributed by atoms with Gasteiger partial charge in [-0.1, -0.05) is 32.0 Å². The largest absolute Gasteiger partial charge is 0.493 e. The van der Waals surface area contributed by atoms with Crippen molar-refractivity contribution < 1.29 is 4.74 Å². The first kappa shape index (κ1) is 13.9. The van der Waals surface area contributed by atoms with Crippen molar-refractivity contribution in [3.8, 4) is 5.75 Å². The van der Waals surface area contributed by atoms with Crippen molar-refractivity contribution in [3.05, 3.63) is 34.1 Å². The van der Waals surface area contributed by atoms with Crippen LogP contribution in [0.1, 0.15) is 32.3 Å². The minimum Gasteiger partial charge on any atom is -0.493 e. The van der Waals surface area contributed by atoms with E-state index in [-0.39, 0.29) is 0 Å². The SMILES string of the molecule is CC.c1ccc2c(c1)OCCC2=C1SCCCS1. The van der Waals surface area contributed by atoms with E-state index >= 15 is 0 Å². The predicted octanol–water partition coefficient (Wildman–Crippen LogP) is 5.03. The molecule has 2 aliphatic heterocycles. The smallest absolute Gasteiger partial charge is 0.126 e. The second-order valence-electron chi connectivity index (χ2n) is 3.91. The Kier molecular flexibility index (Phi) is 5.51. The molecule has 2 heterocycles. The first-order valence-corrected chi connectivity index (χ1v) is 8.63. The van der Waals surface area contributed by atoms with Gasteiger partial charge < -0.3 is 4.74 Å². The van der Waals surface area contributed by atoms with Gasteiger partial charge in [0.1, 0.15) is 5.75 Å². The average Bonchev–Trinajstić information content (AvgIpc) is 2.50. The van der Waals surface area contributed by atoms with Crippen LogP contribution in [0.15, 0.2) is 28.5 Å². The van der Waals surface area contributed by atoms with E-state index < -0.39 is 0 Å². The highest BCUT2D eigenvalue weighted by Gasteiger charge is 2.20. The number of rotatable bonds is 0. The van der Waals surface area contributed by atoms with Gasteiger partial charge in [0.2, 0.25) is 0 Å². The van der Waals surface area contributed by atoms with E-state index in [4.69, 9.17) is 4.74 Å². The Morgan fingerprint density at radius 3 is 2.56 bits per heavy atom. The first-order valence-electron chi connectivity index (χ1n) is 6.66. The lowest BCUT2D eigenvalue weighted by Gasteiger charge is -2.24. The average molecular weight is 280 g/mol. The van der Waals surface area contributed by atoms with Crippen molar-refractivity contribution in [3.63, 3.8) is 0 Å². The molecule has 0 radical (unpaired) electrons. The molecular weight excluding hydrogens is 260 g/mol. The Hall–Kier alpha value is -0.540. The van der Waals surface area contributed by atoms with Crippen LogP contribution in [0.4, 0.5) is 0 Å². The zero-order chi connectivity index (χ0) is 12.8. The van der Waals surface area contributed by atoms with E-state index in [1.54, 1.807) is 0 Å². The Balaban J connectivity index is 0.000000574. The van der Waals surface area contributed by atoms with Gasteiger partial charge in [0, 0.05) is 16.2 Å². The zero-order valence-electron chi connectivity index (χ0n) is 11.1. The Morgan fingerprint density at radius 1 is 1.06 bits per heavy atom. The molecule has 0 aromatic heterocycles. The predicted molar refractivity (Wildman–Crippen MR) is 84.4 cm³/mol. The third-order valence-corrected chi connectivity index (χ3v) is 5.53. The molecule has 1 saturated heterocycles. The van der Waals surface area contributed by atoms with E-state index in [1.165, 1.54) is 33.3 Å². The fourth-order valence-corrected chi connectivity index (χ4v) is 4.79. The molecule has 18 heavy (non-hydrogen) atoms. The second-order valence-corrected chi connectivity index (χ2v) is 6.38. The molecule has 0 atom stereocenters. The molecule has 0 N–H and O–H groups in total. The maximum Gasteiger partial charge on any atom is 0.126 e. The Labute approximate surface area is 118 Å². The molecule has 2 aliphatic rings. The van der Waals surface area contributed by atoms with Crippen molar-refractivity contribution in [2.75, 3.05) is 18.1 Å². The van der Waals surface area contributed by atoms with Crippen LogP contribution in [-0.2, 0) is 0 Å². The van der Waals surface area contributed by atoms with Gasteiger partial charge >= 0.3 is 0 Å². The molecule has 0 saturated carbocycles. The second kappa shape index (κ2) is 7.15. The molecule has 0 spiro atoms. The van der Waals surface area contributed by atoms with Gasteiger partial charge in [-0.05, 0) is 29.6 Å². The van der Waals surface area contributed by atoms with Gasteiger partial charge in [0.25, 0.3) is 0 Å². The van der Waals surface area contributed by atoms with E-state index in [0.717, 1.165) is 18.8 Å². The monoisotopic (exact) mass is 280 g/mol. The van der Waals surface area contributed by atoms with Crippen molar-refractivity contribution in [1.82, 2.24) is 0 Å². The normalized spacial score (nSPS) is 18.3. The van der Waals surface area contributed by atoms with Crippen LogP contribution in [-0.4, -0.2) is 18.1 Å². The van der Waals surface area contributed by atoms with E-state index in [9.17, 15) is 0 Å². The van der Waals surface area contributed by atoms with Crippen molar-refractivity contribution in [2.24, 2.45) is 0 Å². The van der Waals surface area contributed by atoms with Crippen LogP contribution >= 0.6 is 23.5 Å². The van der Waals surface area contributed by atoms with Crippen LogP contribution in [0.3, 0.4) is 0 Å². The summed E-state index contributed by atoms with van der Waals surface area (Å²) >= 11 is 4.04. The highest BCUT2D eigenvalue weighted by Crippen LogP contribution is 2.44. The molecule has 1 nitrogen and oxygen atoms in total. The number of fused-ring (bicyclic) bond motifs is 1. The number of hydrogen-bond acceptors (Lipinski definition) is 3. The van der Waals surface area contributed by atoms with E-state index in [2.05, 4.69) is 18.2 Å². The molecule has 3 rings (SSSR count). The zero-order valence-corrected chi connectivity index (χ0v) is 12.7. The van der Waals surface area contributed by atoms with Gasteiger partial charge in [-0.25, -0.2) is 0 Å². The summed E-state index contributed by atoms with van der Waals surface area (Å²) in [6.45, 7) is 4.83. The van der Waals surface area contributed by atoms with Crippen LogP contribution in [0.2, 0.25) is 0 Å². The molecular formula is C15H20OS2. The summed E-state index contributed by atoms with van der Waals surface area (Å²) in [5.41, 5.74) is 2.82. The highest BCUT2D eigenvalue weighted by atomic mass is 32.2. The summed E-state index contributed by atoms with van der Waals surface area (Å²) in [6, 6.07) is 8.42. The quantitative estimate of drug-likeness (QED) is 0.659. The Bertz CT molecular complexity index is 418. The van der Waals surface area contributed by atoms with Crippen LogP contribution < -0.4 is 4.74 Å². The van der Waals surface area contributed by atoms with Crippen molar-refractivity contribution in [1.29, 1.82) is 0 Å². The summed E-state index contributed by atoms with van der Waals surface area (Å²) in [5.74, 6) is 3.60. The lowest BCUT2D eigenvalue weighted by molar-refractivity contribution is 0.316. The van der Waals surface area contributed by atoms with Crippen LogP contribution in [0, 0.1) is 0 Å². The maximum atomic E-state index is 5.69. The van der Waals surface area contributed by atoms with Gasteiger partial charge in [-0.3, -0.25) is 0 Å². The minimum absolute atomic E-state index is 0.830. The number of ether oxygens (including phenoxy) is 1. The highest BCUT2D eigenvalue weighted by molar-refractivity contribution is 8.23. The number of benzene rings is 1. The van der Waals surface area contributed by atoms with E-state index in [1.807, 2.05) is 43.4 Å². The maximum absolute atomic E-state index is 5.69. The summed E-state index contributed by atoms with van der Waals surface area (Å²) in [5, 5.41) is 0. The molecule has 0 aliphatic carbocycles. The summed E-state index contributed by atoms with van der Waals surface area (Å²) in [6.07, 6.45) is 2.40. The number of hydrogen-bond donors (Lipinski definition) is 0. The molecule has 1 aromatic carbocycles. The minimum atomic E-state index is 0.830. The topological polar surface area (TPSA) is 9.23 Å². The molecule has 1 fully saturated rings. The van der Waals surface area contributed by atoms with Crippen LogP contribution in [0.25, 0.3) is 5.57 Å². The molecule has 0 amide bonds. The molecule has 1 aromatic rings. The van der Waals surface area contributed by atoms with Crippen molar-refractivity contribution in [2.45, 2.75) is 26.7 Å². The van der Waals surface area contributed by atoms with Gasteiger partial charge in [-0.2, -0.15) is 0 Å². The lowest BCUT2D eigenvalue weighted by Crippen LogP contribution is -2.09. The number of para-hydroxylation sites is 1. The molecule has 98 valence electrons. The van der Waals surface area contributed by atoms with Crippen molar-refractivity contribution >= 4 is 29.1 Å². The fraction of sp³-hybridized carbons (Fsp3) is 0.467. The van der Waals surface area contributed by atoms with Gasteiger partial charge in [0.05, 0.1) is 6.61 Å². The van der Waals surface area contributed by atoms with Crippen LogP contribution in [0.5, 0.6) is 5.75 Å².